The standard InChI is InChI=1S/C26H30N2O3.CH2O2/c29-22(17-28-14-9-26(10-15-28)11-16-30-19-26)18-31-24-6-5-20-3-1-2-4-23(20)25(24)21-7-12-27-13-8-21;2-1-3/h1-8,12-13,22,29H,9-11,14-19H2;1H,(H,2,3). The normalized spacial score (nSPS) is 18.3. The molecule has 2 aromatic carbocycles. The smallest absolute Gasteiger partial charge is 0.290 e. The van der Waals surface area contributed by atoms with Crippen molar-refractivity contribution in [2.24, 2.45) is 5.41 Å². The maximum absolute atomic E-state index is 10.7. The molecule has 0 aliphatic carbocycles. The molecule has 5 rings (SSSR count). The van der Waals surface area contributed by atoms with Crippen molar-refractivity contribution >= 4 is 17.2 Å². The molecule has 2 aliphatic heterocycles. The predicted molar refractivity (Wildman–Crippen MR) is 131 cm³/mol. The molecule has 1 unspecified atom stereocenters. The molecule has 1 spiro atoms. The molecule has 2 aliphatic rings. The first kappa shape index (κ1) is 24.1. The summed E-state index contributed by atoms with van der Waals surface area (Å²) in [6.45, 7) is 4.54. The minimum absolute atomic E-state index is 0.250. The largest absolute Gasteiger partial charge is 0.490 e. The average Bonchev–Trinajstić information content (AvgIpc) is 3.33. The van der Waals surface area contributed by atoms with Gasteiger partial charge in [0.1, 0.15) is 18.5 Å². The molecule has 3 aromatic rings. The Morgan fingerprint density at radius 2 is 1.82 bits per heavy atom. The van der Waals surface area contributed by atoms with Gasteiger partial charge in [-0.2, -0.15) is 0 Å². The summed E-state index contributed by atoms with van der Waals surface area (Å²) < 4.78 is 11.8. The zero-order chi connectivity index (χ0) is 23.8. The van der Waals surface area contributed by atoms with E-state index in [4.69, 9.17) is 19.4 Å². The van der Waals surface area contributed by atoms with E-state index >= 15 is 0 Å². The molecule has 1 aromatic heterocycles. The van der Waals surface area contributed by atoms with E-state index in [1.54, 1.807) is 12.4 Å². The summed E-state index contributed by atoms with van der Waals surface area (Å²) in [6, 6.07) is 16.4. The molecule has 180 valence electrons. The van der Waals surface area contributed by atoms with Gasteiger partial charge in [-0.05, 0) is 72.3 Å². The molecule has 0 bridgehead atoms. The summed E-state index contributed by atoms with van der Waals surface area (Å²) in [5.41, 5.74) is 2.51. The number of hydrogen-bond donors (Lipinski definition) is 2. The maximum atomic E-state index is 10.7. The Kier molecular flexibility index (Phi) is 8.11. The number of aromatic nitrogens is 1. The van der Waals surface area contributed by atoms with Gasteiger partial charge in [0.05, 0.1) is 6.61 Å². The Morgan fingerprint density at radius 3 is 2.53 bits per heavy atom. The van der Waals surface area contributed by atoms with Crippen LogP contribution in [0.15, 0.2) is 60.9 Å². The Balaban J connectivity index is 0.000000868. The summed E-state index contributed by atoms with van der Waals surface area (Å²) >= 11 is 0. The highest BCUT2D eigenvalue weighted by Gasteiger charge is 2.38. The molecule has 1 atom stereocenters. The van der Waals surface area contributed by atoms with Crippen molar-refractivity contribution < 1.29 is 24.5 Å². The van der Waals surface area contributed by atoms with Gasteiger partial charge in [-0.1, -0.05) is 30.3 Å². The molecular weight excluding hydrogens is 432 g/mol. The molecular formula is C27H32N2O5. The van der Waals surface area contributed by atoms with E-state index in [0.717, 1.165) is 61.4 Å². The van der Waals surface area contributed by atoms with E-state index in [2.05, 4.69) is 28.1 Å². The molecule has 0 amide bonds. The van der Waals surface area contributed by atoms with Crippen LogP contribution in [0.1, 0.15) is 19.3 Å². The number of aliphatic hydroxyl groups excluding tert-OH is 1. The highest BCUT2D eigenvalue weighted by molar-refractivity contribution is 5.99. The maximum Gasteiger partial charge on any atom is 0.290 e. The number of rotatable bonds is 6. The van der Waals surface area contributed by atoms with Crippen LogP contribution in [0.2, 0.25) is 0 Å². The van der Waals surface area contributed by atoms with E-state index < -0.39 is 6.10 Å². The third-order valence-electron chi connectivity index (χ3n) is 6.86. The van der Waals surface area contributed by atoms with Crippen molar-refractivity contribution in [3.8, 4) is 16.9 Å². The van der Waals surface area contributed by atoms with Crippen LogP contribution in [-0.4, -0.2) is 72.1 Å². The second-order valence-corrected chi connectivity index (χ2v) is 9.07. The fourth-order valence-corrected chi connectivity index (χ4v) is 4.98. The van der Waals surface area contributed by atoms with Gasteiger partial charge >= 0.3 is 0 Å². The monoisotopic (exact) mass is 464 g/mol. The number of piperidine rings is 1. The first-order chi connectivity index (χ1) is 16.6. The van der Waals surface area contributed by atoms with Crippen LogP contribution in [-0.2, 0) is 9.53 Å². The number of aliphatic hydroxyl groups is 1. The summed E-state index contributed by atoms with van der Waals surface area (Å²) in [4.78, 5) is 14.9. The Hall–Kier alpha value is -3.00. The second kappa shape index (κ2) is 11.4. The third kappa shape index (κ3) is 5.73. The fourth-order valence-electron chi connectivity index (χ4n) is 4.98. The number of benzene rings is 2. The fraction of sp³-hybridized carbons (Fsp3) is 0.407. The number of ether oxygens (including phenoxy) is 2. The van der Waals surface area contributed by atoms with E-state index in [1.165, 1.54) is 11.8 Å². The van der Waals surface area contributed by atoms with Crippen molar-refractivity contribution in [1.82, 2.24) is 9.88 Å². The summed E-state index contributed by atoms with van der Waals surface area (Å²) in [6.07, 6.45) is 6.59. The van der Waals surface area contributed by atoms with Gasteiger partial charge in [0.15, 0.2) is 0 Å². The molecule has 7 nitrogen and oxygen atoms in total. The first-order valence-electron chi connectivity index (χ1n) is 11.8. The van der Waals surface area contributed by atoms with Gasteiger partial charge in [0, 0.05) is 31.1 Å². The van der Waals surface area contributed by atoms with Crippen LogP contribution < -0.4 is 4.74 Å². The van der Waals surface area contributed by atoms with E-state index in [-0.39, 0.29) is 13.1 Å². The Morgan fingerprint density at radius 1 is 1.09 bits per heavy atom. The summed E-state index contributed by atoms with van der Waals surface area (Å²) in [5.74, 6) is 0.796. The lowest BCUT2D eigenvalue weighted by Crippen LogP contribution is -2.44. The van der Waals surface area contributed by atoms with E-state index in [1.807, 2.05) is 30.3 Å². The van der Waals surface area contributed by atoms with Gasteiger partial charge in [-0.25, -0.2) is 0 Å². The molecule has 7 heteroatoms. The topological polar surface area (TPSA) is 92.1 Å². The number of fused-ring (bicyclic) bond motifs is 1. The minimum atomic E-state index is -0.523. The Labute approximate surface area is 200 Å². The quantitative estimate of drug-likeness (QED) is 0.536. The summed E-state index contributed by atoms with van der Waals surface area (Å²) in [5, 5.41) is 19.9. The first-order valence-corrected chi connectivity index (χ1v) is 11.8. The number of hydrogen-bond acceptors (Lipinski definition) is 6. The number of β-amino-alcohol motifs (C(OH)–C–C–N with tert-alkyl or cyclic N) is 1. The van der Waals surface area contributed by atoms with Crippen molar-refractivity contribution in [3.05, 3.63) is 60.9 Å². The molecule has 34 heavy (non-hydrogen) atoms. The second-order valence-electron chi connectivity index (χ2n) is 9.07. The number of nitrogens with zero attached hydrogens (tertiary/aromatic N) is 2. The minimum Gasteiger partial charge on any atom is -0.490 e. The van der Waals surface area contributed by atoms with Crippen LogP contribution in [0.3, 0.4) is 0 Å². The van der Waals surface area contributed by atoms with Gasteiger partial charge in [-0.3, -0.25) is 9.78 Å². The number of likely N-dealkylation sites (tertiary alicyclic amines) is 1. The van der Waals surface area contributed by atoms with Crippen molar-refractivity contribution in [2.45, 2.75) is 25.4 Å². The van der Waals surface area contributed by atoms with Crippen LogP contribution in [0.5, 0.6) is 5.75 Å². The summed E-state index contributed by atoms with van der Waals surface area (Å²) in [7, 11) is 0. The van der Waals surface area contributed by atoms with E-state index in [9.17, 15) is 5.11 Å². The molecule has 2 fully saturated rings. The van der Waals surface area contributed by atoms with E-state index in [0.29, 0.717) is 12.0 Å². The van der Waals surface area contributed by atoms with Crippen molar-refractivity contribution in [3.63, 3.8) is 0 Å². The van der Waals surface area contributed by atoms with Gasteiger partial charge in [-0.15, -0.1) is 0 Å². The number of carboxylic acid groups (broad SMARTS) is 1. The number of pyridine rings is 1. The molecule has 3 heterocycles. The highest BCUT2D eigenvalue weighted by Crippen LogP contribution is 2.39. The third-order valence-corrected chi connectivity index (χ3v) is 6.86. The predicted octanol–water partition coefficient (Wildman–Crippen LogP) is 3.84. The lowest BCUT2D eigenvalue weighted by molar-refractivity contribution is -0.122. The van der Waals surface area contributed by atoms with Crippen LogP contribution in [0, 0.1) is 5.41 Å². The Bertz CT molecular complexity index is 1060. The molecule has 0 radical (unpaired) electrons. The zero-order valence-corrected chi connectivity index (χ0v) is 19.3. The van der Waals surface area contributed by atoms with Crippen LogP contribution in [0.25, 0.3) is 21.9 Å². The van der Waals surface area contributed by atoms with Crippen molar-refractivity contribution in [2.75, 3.05) is 39.5 Å². The van der Waals surface area contributed by atoms with Gasteiger partial charge in [0.25, 0.3) is 6.47 Å². The SMILES string of the molecule is O=CO.OC(COc1ccc2ccccc2c1-c1ccncc1)CN1CCC2(CCOC2)CC1. The van der Waals surface area contributed by atoms with Crippen LogP contribution in [0.4, 0.5) is 0 Å². The van der Waals surface area contributed by atoms with Crippen LogP contribution >= 0.6 is 0 Å². The average molecular weight is 465 g/mol. The molecule has 0 saturated carbocycles. The number of carbonyl (C=O) groups is 1. The lowest BCUT2D eigenvalue weighted by atomic mass is 9.78. The lowest BCUT2D eigenvalue weighted by Gasteiger charge is -2.38. The van der Waals surface area contributed by atoms with Gasteiger partial charge in [0.2, 0.25) is 0 Å². The van der Waals surface area contributed by atoms with Crippen molar-refractivity contribution in [1.29, 1.82) is 0 Å². The molecule has 2 saturated heterocycles. The van der Waals surface area contributed by atoms with Gasteiger partial charge < -0.3 is 24.6 Å². The highest BCUT2D eigenvalue weighted by atomic mass is 16.5. The zero-order valence-electron chi connectivity index (χ0n) is 19.3. The molecule has 2 N–H and O–H groups in total.